The van der Waals surface area contributed by atoms with Crippen LogP contribution in [-0.4, -0.2) is 40.8 Å². The first-order valence-electron chi connectivity index (χ1n) is 10.2. The molecule has 0 bridgehead atoms. The summed E-state index contributed by atoms with van der Waals surface area (Å²) in [4.78, 5) is 15.1. The lowest BCUT2D eigenvalue weighted by atomic mass is 9.94. The number of likely N-dealkylation sites (tertiary alicyclic amines) is 1. The number of rotatable bonds is 5. The predicted molar refractivity (Wildman–Crippen MR) is 106 cm³/mol. The summed E-state index contributed by atoms with van der Waals surface area (Å²) in [6, 6.07) is 8.04. The Labute approximate surface area is 166 Å². The standard InChI is InChI=1S/C22H29N3O3/c1-24-19-12-14-28-15-18(19)22(23-24)20-5-3-4-13-25(20)21(26)11-8-16-6-9-17(27-2)10-7-16/h6-7,9-10,20H,3-5,8,11-15H2,1-2H3. The number of carbonyl (C=O) groups excluding carboxylic acids is 1. The molecule has 1 fully saturated rings. The number of methoxy groups -OCH3 is 1. The molecule has 0 radical (unpaired) electrons. The van der Waals surface area contributed by atoms with Gasteiger partial charge in [0.15, 0.2) is 0 Å². The molecule has 1 aromatic carbocycles. The Morgan fingerprint density at radius 1 is 1.29 bits per heavy atom. The number of hydrogen-bond donors (Lipinski definition) is 0. The monoisotopic (exact) mass is 383 g/mol. The van der Waals surface area contributed by atoms with Gasteiger partial charge in [-0.1, -0.05) is 12.1 Å². The summed E-state index contributed by atoms with van der Waals surface area (Å²) in [7, 11) is 3.67. The third-order valence-electron chi connectivity index (χ3n) is 5.96. The molecule has 1 saturated heterocycles. The maximum absolute atomic E-state index is 13.1. The van der Waals surface area contributed by atoms with Crippen molar-refractivity contribution in [1.82, 2.24) is 14.7 Å². The summed E-state index contributed by atoms with van der Waals surface area (Å²) in [5.74, 6) is 1.06. The highest BCUT2D eigenvalue weighted by Crippen LogP contribution is 2.35. The van der Waals surface area contributed by atoms with Gasteiger partial charge in [-0.25, -0.2) is 0 Å². The van der Waals surface area contributed by atoms with Crippen LogP contribution in [0.5, 0.6) is 5.75 Å². The molecule has 4 rings (SSSR count). The van der Waals surface area contributed by atoms with E-state index in [0.717, 1.165) is 62.3 Å². The normalized spacial score (nSPS) is 19.4. The van der Waals surface area contributed by atoms with Crippen molar-refractivity contribution in [2.75, 3.05) is 20.3 Å². The van der Waals surface area contributed by atoms with E-state index in [2.05, 4.69) is 4.90 Å². The van der Waals surface area contributed by atoms with Crippen LogP contribution in [0.3, 0.4) is 0 Å². The number of fused-ring (bicyclic) bond motifs is 1. The molecule has 1 unspecified atom stereocenters. The molecule has 0 N–H and O–H groups in total. The molecule has 2 aliphatic rings. The fraction of sp³-hybridized carbons (Fsp3) is 0.545. The van der Waals surface area contributed by atoms with Gasteiger partial charge in [-0.3, -0.25) is 9.48 Å². The van der Waals surface area contributed by atoms with Crippen molar-refractivity contribution in [3.8, 4) is 5.75 Å². The van der Waals surface area contributed by atoms with Crippen molar-refractivity contribution in [1.29, 1.82) is 0 Å². The van der Waals surface area contributed by atoms with Crippen LogP contribution in [0.4, 0.5) is 0 Å². The van der Waals surface area contributed by atoms with Crippen LogP contribution in [0.15, 0.2) is 24.3 Å². The van der Waals surface area contributed by atoms with Gasteiger partial charge in [0.25, 0.3) is 0 Å². The van der Waals surface area contributed by atoms with Gasteiger partial charge in [0.1, 0.15) is 5.75 Å². The summed E-state index contributed by atoms with van der Waals surface area (Å²) < 4.78 is 12.9. The number of carbonyl (C=O) groups is 1. The van der Waals surface area contributed by atoms with Crippen LogP contribution < -0.4 is 4.74 Å². The van der Waals surface area contributed by atoms with Gasteiger partial charge in [0.2, 0.25) is 5.91 Å². The minimum absolute atomic E-state index is 0.0776. The third-order valence-corrected chi connectivity index (χ3v) is 5.96. The lowest BCUT2D eigenvalue weighted by Gasteiger charge is -2.35. The topological polar surface area (TPSA) is 56.6 Å². The van der Waals surface area contributed by atoms with E-state index in [4.69, 9.17) is 14.6 Å². The summed E-state index contributed by atoms with van der Waals surface area (Å²) in [5.41, 5.74) is 4.67. The summed E-state index contributed by atoms with van der Waals surface area (Å²) in [5, 5.41) is 4.81. The smallest absolute Gasteiger partial charge is 0.223 e. The fourth-order valence-corrected chi connectivity index (χ4v) is 4.41. The van der Waals surface area contributed by atoms with Gasteiger partial charge in [-0.2, -0.15) is 5.10 Å². The highest BCUT2D eigenvalue weighted by atomic mass is 16.5. The van der Waals surface area contributed by atoms with Crippen LogP contribution in [-0.2, 0) is 36.0 Å². The minimum atomic E-state index is 0.0776. The molecule has 1 amide bonds. The highest BCUT2D eigenvalue weighted by Gasteiger charge is 2.33. The predicted octanol–water partition coefficient (Wildman–Crippen LogP) is 3.19. The molecular formula is C22H29N3O3. The molecule has 0 saturated carbocycles. The van der Waals surface area contributed by atoms with E-state index in [1.54, 1.807) is 7.11 Å². The van der Waals surface area contributed by atoms with Crippen molar-refractivity contribution in [2.24, 2.45) is 7.05 Å². The van der Waals surface area contributed by atoms with Crippen molar-refractivity contribution in [3.63, 3.8) is 0 Å². The van der Waals surface area contributed by atoms with Crippen LogP contribution >= 0.6 is 0 Å². The molecule has 6 nitrogen and oxygen atoms in total. The Balaban J connectivity index is 1.48. The number of aromatic nitrogens is 2. The number of hydrogen-bond acceptors (Lipinski definition) is 4. The van der Waals surface area contributed by atoms with Crippen molar-refractivity contribution >= 4 is 5.91 Å². The maximum atomic E-state index is 13.1. The molecule has 3 heterocycles. The summed E-state index contributed by atoms with van der Waals surface area (Å²) in [6.45, 7) is 2.18. The molecule has 2 aromatic rings. The SMILES string of the molecule is COc1ccc(CCC(=O)N2CCCCC2c2nn(C)c3c2COCC3)cc1. The Kier molecular flexibility index (Phi) is 5.67. The van der Waals surface area contributed by atoms with Crippen LogP contribution in [0.1, 0.15) is 54.2 Å². The maximum Gasteiger partial charge on any atom is 0.223 e. The van der Waals surface area contributed by atoms with Gasteiger partial charge in [0, 0.05) is 37.7 Å². The quantitative estimate of drug-likeness (QED) is 0.796. The summed E-state index contributed by atoms with van der Waals surface area (Å²) in [6.07, 6.45) is 5.36. The number of amides is 1. The van der Waals surface area contributed by atoms with E-state index in [0.29, 0.717) is 13.0 Å². The number of benzene rings is 1. The summed E-state index contributed by atoms with van der Waals surface area (Å²) >= 11 is 0. The molecule has 150 valence electrons. The third kappa shape index (κ3) is 3.78. The Hall–Kier alpha value is -2.34. The number of aryl methyl sites for hydroxylation is 2. The lowest BCUT2D eigenvalue weighted by molar-refractivity contribution is -0.135. The minimum Gasteiger partial charge on any atom is -0.497 e. The van der Waals surface area contributed by atoms with Gasteiger partial charge in [-0.05, 0) is 43.4 Å². The average Bonchev–Trinajstić information content (AvgIpc) is 3.09. The van der Waals surface area contributed by atoms with Gasteiger partial charge < -0.3 is 14.4 Å². The van der Waals surface area contributed by atoms with Crippen molar-refractivity contribution < 1.29 is 14.3 Å². The van der Waals surface area contributed by atoms with Gasteiger partial charge >= 0.3 is 0 Å². The second-order valence-corrected chi connectivity index (χ2v) is 7.68. The Morgan fingerprint density at radius 3 is 2.89 bits per heavy atom. The molecule has 2 aliphatic heterocycles. The Bertz CT molecular complexity index is 828. The van der Waals surface area contributed by atoms with E-state index in [9.17, 15) is 4.79 Å². The molecule has 1 atom stereocenters. The first kappa shape index (κ1) is 19.0. The van der Waals surface area contributed by atoms with Crippen molar-refractivity contribution in [2.45, 2.75) is 51.2 Å². The van der Waals surface area contributed by atoms with Gasteiger partial charge in [-0.15, -0.1) is 0 Å². The number of piperidine rings is 1. The number of nitrogens with zero attached hydrogens (tertiary/aromatic N) is 3. The highest BCUT2D eigenvalue weighted by molar-refractivity contribution is 5.77. The van der Waals surface area contributed by atoms with Crippen LogP contribution in [0, 0.1) is 0 Å². The zero-order valence-corrected chi connectivity index (χ0v) is 16.8. The molecule has 1 aromatic heterocycles. The molecular weight excluding hydrogens is 354 g/mol. The van der Waals surface area contributed by atoms with Crippen molar-refractivity contribution in [3.05, 3.63) is 46.8 Å². The van der Waals surface area contributed by atoms with Gasteiger partial charge in [0.05, 0.1) is 32.1 Å². The average molecular weight is 383 g/mol. The number of ether oxygens (including phenoxy) is 2. The van der Waals surface area contributed by atoms with E-state index in [-0.39, 0.29) is 11.9 Å². The van der Waals surface area contributed by atoms with E-state index >= 15 is 0 Å². The zero-order chi connectivity index (χ0) is 19.5. The largest absolute Gasteiger partial charge is 0.497 e. The van der Waals surface area contributed by atoms with E-state index < -0.39 is 0 Å². The van der Waals surface area contributed by atoms with E-state index in [1.165, 1.54) is 11.3 Å². The molecule has 6 heteroatoms. The fourth-order valence-electron chi connectivity index (χ4n) is 4.41. The first-order chi connectivity index (χ1) is 13.7. The van der Waals surface area contributed by atoms with E-state index in [1.807, 2.05) is 36.0 Å². The van der Waals surface area contributed by atoms with Crippen LogP contribution in [0.25, 0.3) is 0 Å². The lowest BCUT2D eigenvalue weighted by Crippen LogP contribution is -2.39. The zero-order valence-electron chi connectivity index (χ0n) is 16.8. The second-order valence-electron chi connectivity index (χ2n) is 7.68. The first-order valence-corrected chi connectivity index (χ1v) is 10.2. The second kappa shape index (κ2) is 8.35. The molecule has 0 aliphatic carbocycles. The van der Waals surface area contributed by atoms with Crippen LogP contribution in [0.2, 0.25) is 0 Å². The molecule has 28 heavy (non-hydrogen) atoms. The Morgan fingerprint density at radius 2 is 2.11 bits per heavy atom. The molecule has 0 spiro atoms.